The van der Waals surface area contributed by atoms with Gasteiger partial charge in [0.2, 0.25) is 11.8 Å². The number of rotatable bonds is 5. The summed E-state index contributed by atoms with van der Waals surface area (Å²) in [6.07, 6.45) is 11.3. The maximum atomic E-state index is 12.8. The molecule has 2 aliphatic rings. The highest BCUT2D eigenvalue weighted by molar-refractivity contribution is 5.80. The number of piperidine rings is 2. The van der Waals surface area contributed by atoms with Crippen LogP contribution < -0.4 is 0 Å². The average molecular weight is 396 g/mol. The molecule has 0 radical (unpaired) electrons. The van der Waals surface area contributed by atoms with Crippen LogP contribution in [-0.4, -0.2) is 62.3 Å². The zero-order valence-electron chi connectivity index (χ0n) is 17.0. The van der Waals surface area contributed by atoms with Crippen molar-refractivity contribution in [2.24, 2.45) is 5.41 Å². The second-order valence-corrected chi connectivity index (χ2v) is 8.40. The molecule has 2 aromatic rings. The lowest BCUT2D eigenvalue weighted by Crippen LogP contribution is -2.53. The Hall–Kier alpha value is -2.70. The number of aromatic nitrogens is 3. The number of nitrogens with zero attached hydrogens (tertiary/aromatic N) is 5. The minimum atomic E-state index is -0.227. The van der Waals surface area contributed by atoms with Crippen LogP contribution in [0.4, 0.5) is 0 Å². The molecule has 0 bridgehead atoms. The van der Waals surface area contributed by atoms with Crippen molar-refractivity contribution in [1.82, 2.24) is 24.3 Å². The van der Waals surface area contributed by atoms with Gasteiger partial charge in [-0.2, -0.15) is 0 Å². The van der Waals surface area contributed by atoms with Crippen LogP contribution in [-0.2, 0) is 16.0 Å². The van der Waals surface area contributed by atoms with Crippen LogP contribution in [0.3, 0.4) is 0 Å². The molecule has 2 aromatic heterocycles. The van der Waals surface area contributed by atoms with Gasteiger partial charge in [-0.05, 0) is 43.7 Å². The quantitative estimate of drug-likeness (QED) is 0.779. The topological polar surface area (TPSA) is 71.3 Å². The van der Waals surface area contributed by atoms with E-state index in [9.17, 15) is 9.59 Å². The van der Waals surface area contributed by atoms with Crippen LogP contribution >= 0.6 is 0 Å². The summed E-state index contributed by atoms with van der Waals surface area (Å²) in [4.78, 5) is 37.7. The molecule has 1 atom stereocenters. The number of carbonyl (C=O) groups is 2. The lowest BCUT2D eigenvalue weighted by atomic mass is 9.72. The molecule has 2 aliphatic heterocycles. The average Bonchev–Trinajstić information content (AvgIpc) is 3.30. The Morgan fingerprint density at radius 1 is 1.21 bits per heavy atom. The number of amides is 2. The van der Waals surface area contributed by atoms with E-state index in [-0.39, 0.29) is 23.3 Å². The van der Waals surface area contributed by atoms with Gasteiger partial charge in [0.1, 0.15) is 6.04 Å². The van der Waals surface area contributed by atoms with E-state index >= 15 is 0 Å². The fourth-order valence-corrected chi connectivity index (χ4v) is 4.60. The number of likely N-dealkylation sites (tertiary alicyclic amines) is 2. The molecule has 0 saturated carbocycles. The van der Waals surface area contributed by atoms with Crippen molar-refractivity contribution in [3.8, 4) is 0 Å². The van der Waals surface area contributed by atoms with Crippen molar-refractivity contribution >= 4 is 11.8 Å². The van der Waals surface area contributed by atoms with E-state index < -0.39 is 0 Å². The van der Waals surface area contributed by atoms with Gasteiger partial charge in [-0.1, -0.05) is 6.07 Å². The zero-order valence-corrected chi connectivity index (χ0v) is 17.0. The summed E-state index contributed by atoms with van der Waals surface area (Å²) in [5.74, 6) is 0.399. The van der Waals surface area contributed by atoms with Gasteiger partial charge in [0.25, 0.3) is 0 Å². The maximum Gasteiger partial charge on any atom is 0.245 e. The molecule has 2 amide bonds. The van der Waals surface area contributed by atoms with Crippen LogP contribution in [0.1, 0.15) is 44.3 Å². The van der Waals surface area contributed by atoms with E-state index in [0.717, 1.165) is 57.6 Å². The summed E-state index contributed by atoms with van der Waals surface area (Å²) in [5, 5.41) is 0. The lowest BCUT2D eigenvalue weighted by Gasteiger charge is -2.47. The van der Waals surface area contributed by atoms with E-state index in [4.69, 9.17) is 0 Å². The summed E-state index contributed by atoms with van der Waals surface area (Å²) in [6.45, 7) is 4.98. The number of hydrogen-bond donors (Lipinski definition) is 0. The molecule has 1 unspecified atom stereocenters. The molecular formula is C22H29N5O2. The Morgan fingerprint density at radius 3 is 2.72 bits per heavy atom. The highest BCUT2D eigenvalue weighted by Gasteiger charge is 2.42. The molecule has 2 saturated heterocycles. The van der Waals surface area contributed by atoms with Gasteiger partial charge >= 0.3 is 0 Å². The largest absolute Gasteiger partial charge is 0.342 e. The molecule has 4 heterocycles. The number of imidazole rings is 1. The van der Waals surface area contributed by atoms with E-state index in [1.807, 2.05) is 45.7 Å². The summed E-state index contributed by atoms with van der Waals surface area (Å²) >= 11 is 0. The monoisotopic (exact) mass is 395 g/mol. The number of pyridine rings is 1. The standard InChI is InChI=1S/C22H29N5O2/c1-18(27-15-11-23-17-27)21(29)25-13-8-22(9-14-25)7-5-20(28)26(16-22)12-6-19-4-2-3-10-24-19/h2-4,10-11,15,17-18H,5-9,12-14,16H2,1H3. The van der Waals surface area contributed by atoms with Crippen LogP contribution in [0.5, 0.6) is 0 Å². The molecular weight excluding hydrogens is 366 g/mol. The van der Waals surface area contributed by atoms with Gasteiger partial charge in [-0.15, -0.1) is 0 Å². The van der Waals surface area contributed by atoms with E-state index in [1.165, 1.54) is 0 Å². The predicted octanol–water partition coefficient (Wildman–Crippen LogP) is 2.31. The van der Waals surface area contributed by atoms with Crippen molar-refractivity contribution in [1.29, 1.82) is 0 Å². The Labute approximate surface area is 171 Å². The Balaban J connectivity index is 1.33. The summed E-state index contributed by atoms with van der Waals surface area (Å²) in [6, 6.07) is 5.68. The number of hydrogen-bond acceptors (Lipinski definition) is 4. The van der Waals surface area contributed by atoms with Crippen molar-refractivity contribution in [3.05, 3.63) is 48.8 Å². The Bertz CT molecular complexity index is 828. The molecule has 4 rings (SSSR count). The summed E-state index contributed by atoms with van der Waals surface area (Å²) in [7, 11) is 0. The Morgan fingerprint density at radius 2 is 2.03 bits per heavy atom. The van der Waals surface area contributed by atoms with E-state index in [0.29, 0.717) is 6.42 Å². The van der Waals surface area contributed by atoms with Crippen LogP contribution in [0.25, 0.3) is 0 Å². The smallest absolute Gasteiger partial charge is 0.245 e. The second-order valence-electron chi connectivity index (χ2n) is 8.40. The molecule has 154 valence electrons. The van der Waals surface area contributed by atoms with Crippen molar-refractivity contribution in [2.75, 3.05) is 26.2 Å². The SMILES string of the molecule is CC(C(=O)N1CCC2(CCC(=O)N(CCc3ccccn3)C2)CC1)n1ccnc1. The normalized spacial score (nSPS) is 20.1. The fraction of sp³-hybridized carbons (Fsp3) is 0.545. The third kappa shape index (κ3) is 4.33. The van der Waals surface area contributed by atoms with Crippen molar-refractivity contribution < 1.29 is 9.59 Å². The summed E-state index contributed by atoms with van der Waals surface area (Å²) < 4.78 is 1.85. The third-order valence-corrected chi connectivity index (χ3v) is 6.58. The van der Waals surface area contributed by atoms with Gasteiger partial charge in [0.15, 0.2) is 0 Å². The Kier molecular flexibility index (Phi) is 5.65. The van der Waals surface area contributed by atoms with E-state index in [1.54, 1.807) is 18.7 Å². The highest BCUT2D eigenvalue weighted by Crippen LogP contribution is 2.40. The van der Waals surface area contributed by atoms with Crippen LogP contribution in [0.15, 0.2) is 43.1 Å². The third-order valence-electron chi connectivity index (χ3n) is 6.58. The van der Waals surface area contributed by atoms with Crippen LogP contribution in [0, 0.1) is 5.41 Å². The predicted molar refractivity (Wildman–Crippen MR) is 109 cm³/mol. The van der Waals surface area contributed by atoms with Crippen molar-refractivity contribution in [2.45, 2.75) is 45.1 Å². The molecule has 1 spiro atoms. The fourth-order valence-electron chi connectivity index (χ4n) is 4.60. The molecule has 2 fully saturated rings. The first-order valence-electron chi connectivity index (χ1n) is 10.5. The molecule has 0 N–H and O–H groups in total. The lowest BCUT2D eigenvalue weighted by molar-refractivity contribution is -0.143. The van der Waals surface area contributed by atoms with Gasteiger partial charge in [-0.3, -0.25) is 14.6 Å². The maximum absolute atomic E-state index is 12.8. The number of carbonyl (C=O) groups excluding carboxylic acids is 2. The zero-order chi connectivity index (χ0) is 20.3. The second kappa shape index (κ2) is 8.35. The van der Waals surface area contributed by atoms with E-state index in [2.05, 4.69) is 9.97 Å². The first-order valence-corrected chi connectivity index (χ1v) is 10.5. The van der Waals surface area contributed by atoms with Crippen LogP contribution in [0.2, 0.25) is 0 Å². The van der Waals surface area contributed by atoms with Gasteiger partial charge in [0, 0.05) is 63.3 Å². The first kappa shape index (κ1) is 19.6. The molecule has 7 nitrogen and oxygen atoms in total. The molecule has 0 aliphatic carbocycles. The van der Waals surface area contributed by atoms with Gasteiger partial charge in [0.05, 0.1) is 6.33 Å². The first-order chi connectivity index (χ1) is 14.1. The van der Waals surface area contributed by atoms with Gasteiger partial charge in [-0.25, -0.2) is 4.98 Å². The van der Waals surface area contributed by atoms with Crippen molar-refractivity contribution in [3.63, 3.8) is 0 Å². The minimum Gasteiger partial charge on any atom is -0.342 e. The highest BCUT2D eigenvalue weighted by atomic mass is 16.2. The molecule has 0 aromatic carbocycles. The molecule has 7 heteroatoms. The summed E-state index contributed by atoms with van der Waals surface area (Å²) in [5.41, 5.74) is 1.17. The molecule has 29 heavy (non-hydrogen) atoms. The van der Waals surface area contributed by atoms with Gasteiger partial charge < -0.3 is 14.4 Å². The minimum absolute atomic E-state index is 0.146.